The molecule has 1 heterocycles. The smallest absolute Gasteiger partial charge is 0.124 e. The second-order valence-electron chi connectivity index (χ2n) is 6.35. The molecule has 0 radical (unpaired) electrons. The molecule has 1 atom stereocenters. The quantitative estimate of drug-likeness (QED) is 0.789. The van der Waals surface area contributed by atoms with E-state index >= 15 is 0 Å². The van der Waals surface area contributed by atoms with Crippen molar-refractivity contribution in [2.24, 2.45) is 11.3 Å². The number of aromatic nitrogens is 2. The van der Waals surface area contributed by atoms with E-state index in [0.717, 1.165) is 23.4 Å². The molecule has 0 N–H and O–H groups in total. The number of alkyl halides is 1. The van der Waals surface area contributed by atoms with Crippen molar-refractivity contribution < 1.29 is 0 Å². The zero-order valence-electron chi connectivity index (χ0n) is 12.4. The molecule has 106 valence electrons. The second kappa shape index (κ2) is 5.46. The molecular weight excluding hydrogens is 270 g/mol. The predicted molar refractivity (Wildman–Crippen MR) is 82.6 cm³/mol. The van der Waals surface area contributed by atoms with Gasteiger partial charge in [0.25, 0.3) is 0 Å². The Morgan fingerprint density at radius 1 is 1.40 bits per heavy atom. The number of hydrogen-bond acceptors (Lipinski definition) is 2. The van der Waals surface area contributed by atoms with Gasteiger partial charge >= 0.3 is 0 Å². The van der Waals surface area contributed by atoms with Crippen LogP contribution in [-0.4, -0.2) is 9.55 Å². The Hall–Kier alpha value is -1.53. The van der Waals surface area contributed by atoms with E-state index < -0.39 is 0 Å². The fourth-order valence-corrected chi connectivity index (χ4v) is 2.30. The van der Waals surface area contributed by atoms with Crippen molar-refractivity contribution in [3.05, 3.63) is 29.6 Å². The summed E-state index contributed by atoms with van der Waals surface area (Å²) in [4.78, 5) is 4.56. The van der Waals surface area contributed by atoms with Crippen LogP contribution in [0.2, 0.25) is 0 Å². The van der Waals surface area contributed by atoms with Gasteiger partial charge in [-0.2, -0.15) is 5.26 Å². The Morgan fingerprint density at radius 2 is 2.10 bits per heavy atom. The van der Waals surface area contributed by atoms with Gasteiger partial charge in [-0.1, -0.05) is 27.7 Å². The minimum Gasteiger partial charge on any atom is -0.327 e. The number of hydrogen-bond donors (Lipinski definition) is 0. The minimum atomic E-state index is 0.215. The van der Waals surface area contributed by atoms with E-state index in [0.29, 0.717) is 17.4 Å². The molecule has 0 bridgehead atoms. The Kier molecular flexibility index (Phi) is 4.06. The molecule has 0 aliphatic rings. The van der Waals surface area contributed by atoms with Gasteiger partial charge in [0.2, 0.25) is 0 Å². The molecule has 1 unspecified atom stereocenters. The van der Waals surface area contributed by atoms with E-state index in [1.54, 1.807) is 6.07 Å². The highest BCUT2D eigenvalue weighted by molar-refractivity contribution is 6.16. The molecule has 1 aromatic carbocycles. The van der Waals surface area contributed by atoms with Crippen LogP contribution >= 0.6 is 11.6 Å². The summed E-state index contributed by atoms with van der Waals surface area (Å²) < 4.78 is 2.15. The molecule has 0 aliphatic carbocycles. The first-order chi connectivity index (χ1) is 9.36. The molecule has 20 heavy (non-hydrogen) atoms. The van der Waals surface area contributed by atoms with Crippen LogP contribution in [0.25, 0.3) is 11.0 Å². The molecule has 3 nitrogen and oxygen atoms in total. The molecule has 2 rings (SSSR count). The van der Waals surface area contributed by atoms with E-state index in [9.17, 15) is 0 Å². The number of imidazole rings is 1. The molecule has 0 amide bonds. The average Bonchev–Trinajstić information content (AvgIpc) is 2.75. The summed E-state index contributed by atoms with van der Waals surface area (Å²) in [5.74, 6) is 1.73. The number of fused-ring (bicyclic) bond motifs is 1. The van der Waals surface area contributed by atoms with Crippen molar-refractivity contribution in [2.75, 3.05) is 0 Å². The van der Waals surface area contributed by atoms with Crippen molar-refractivity contribution >= 4 is 22.6 Å². The maximum Gasteiger partial charge on any atom is 0.124 e. The molecule has 0 aliphatic heterocycles. The first kappa shape index (κ1) is 14.9. The minimum absolute atomic E-state index is 0.215. The fourth-order valence-electron chi connectivity index (χ4n) is 2.10. The summed E-state index contributed by atoms with van der Waals surface area (Å²) in [5.41, 5.74) is 2.77. The molecule has 1 aromatic heterocycles. The first-order valence-electron chi connectivity index (χ1n) is 6.82. The molecular formula is C16H20ClN3. The van der Waals surface area contributed by atoms with Crippen LogP contribution in [0.5, 0.6) is 0 Å². The number of rotatable bonds is 3. The molecule has 0 saturated heterocycles. The van der Waals surface area contributed by atoms with E-state index in [2.05, 4.69) is 43.3 Å². The normalized spacial score (nSPS) is 13.4. The van der Waals surface area contributed by atoms with E-state index in [1.807, 2.05) is 12.1 Å². The van der Waals surface area contributed by atoms with Crippen LogP contribution in [0.3, 0.4) is 0 Å². The van der Waals surface area contributed by atoms with Crippen molar-refractivity contribution in [3.63, 3.8) is 0 Å². The van der Waals surface area contributed by atoms with Crippen molar-refractivity contribution in [1.29, 1.82) is 5.26 Å². The second-order valence-corrected chi connectivity index (χ2v) is 6.62. The lowest BCUT2D eigenvalue weighted by atomic mass is 9.82. The SMILES string of the molecule is CC(Cn1c(CCl)nc2ccc(C#N)cc21)C(C)(C)C. The third-order valence-corrected chi connectivity index (χ3v) is 4.25. The van der Waals surface area contributed by atoms with Gasteiger partial charge in [-0.25, -0.2) is 4.98 Å². The lowest BCUT2D eigenvalue weighted by Gasteiger charge is -2.28. The van der Waals surface area contributed by atoms with Gasteiger partial charge < -0.3 is 4.57 Å². The first-order valence-corrected chi connectivity index (χ1v) is 7.35. The Labute approximate surface area is 125 Å². The number of benzene rings is 1. The highest BCUT2D eigenvalue weighted by Gasteiger charge is 2.22. The highest BCUT2D eigenvalue weighted by atomic mass is 35.5. The summed E-state index contributed by atoms with van der Waals surface area (Å²) in [7, 11) is 0. The lowest BCUT2D eigenvalue weighted by Crippen LogP contribution is -2.23. The van der Waals surface area contributed by atoms with Gasteiger partial charge in [0.05, 0.1) is 28.5 Å². The molecule has 0 saturated carbocycles. The number of nitrogens with zero attached hydrogens (tertiary/aromatic N) is 3. The van der Waals surface area contributed by atoms with E-state index in [4.69, 9.17) is 16.9 Å². The Bertz CT molecular complexity index is 659. The molecule has 0 fully saturated rings. The van der Waals surface area contributed by atoms with E-state index in [-0.39, 0.29) is 5.41 Å². The monoisotopic (exact) mass is 289 g/mol. The van der Waals surface area contributed by atoms with Gasteiger partial charge in [0.1, 0.15) is 5.82 Å². The number of nitriles is 1. The third kappa shape index (κ3) is 2.81. The summed E-state index contributed by atoms with van der Waals surface area (Å²) in [6.45, 7) is 9.79. The van der Waals surface area contributed by atoms with Crippen molar-refractivity contribution in [2.45, 2.75) is 40.1 Å². The van der Waals surface area contributed by atoms with Crippen LogP contribution in [-0.2, 0) is 12.4 Å². The molecule has 2 aromatic rings. The maximum absolute atomic E-state index is 9.06. The lowest BCUT2D eigenvalue weighted by molar-refractivity contribution is 0.233. The van der Waals surface area contributed by atoms with Gasteiger partial charge in [-0.3, -0.25) is 0 Å². The van der Waals surface area contributed by atoms with Crippen molar-refractivity contribution in [3.8, 4) is 6.07 Å². The van der Waals surface area contributed by atoms with Gasteiger partial charge in [0, 0.05) is 6.54 Å². The van der Waals surface area contributed by atoms with Crippen LogP contribution in [0, 0.1) is 22.7 Å². The standard InChI is InChI=1S/C16H20ClN3/c1-11(16(2,3)4)10-20-14-7-12(9-18)5-6-13(14)19-15(20)8-17/h5-7,11H,8,10H2,1-4H3. The van der Waals surface area contributed by atoms with E-state index in [1.165, 1.54) is 0 Å². The summed E-state index contributed by atoms with van der Waals surface area (Å²) in [5, 5.41) is 9.06. The van der Waals surface area contributed by atoms with Crippen LogP contribution in [0.1, 0.15) is 39.1 Å². The summed E-state index contributed by atoms with van der Waals surface area (Å²) in [6, 6.07) is 7.77. The van der Waals surface area contributed by atoms with Gasteiger partial charge in [-0.15, -0.1) is 11.6 Å². The molecule has 4 heteroatoms. The predicted octanol–water partition coefficient (Wildman–Crippen LogP) is 4.33. The third-order valence-electron chi connectivity index (χ3n) is 4.01. The van der Waals surface area contributed by atoms with Gasteiger partial charge in [0.15, 0.2) is 0 Å². The maximum atomic E-state index is 9.06. The largest absolute Gasteiger partial charge is 0.327 e. The fraction of sp³-hybridized carbons (Fsp3) is 0.500. The zero-order valence-corrected chi connectivity index (χ0v) is 13.2. The van der Waals surface area contributed by atoms with Gasteiger partial charge in [-0.05, 0) is 29.5 Å². The zero-order chi connectivity index (χ0) is 14.9. The summed E-state index contributed by atoms with van der Waals surface area (Å²) >= 11 is 6.03. The number of halogens is 1. The van der Waals surface area contributed by atoms with Crippen molar-refractivity contribution in [1.82, 2.24) is 9.55 Å². The average molecular weight is 290 g/mol. The molecule has 0 spiro atoms. The topological polar surface area (TPSA) is 41.6 Å². The van der Waals surface area contributed by atoms with Crippen LogP contribution < -0.4 is 0 Å². The summed E-state index contributed by atoms with van der Waals surface area (Å²) in [6.07, 6.45) is 0. The van der Waals surface area contributed by atoms with Crippen LogP contribution in [0.15, 0.2) is 18.2 Å². The van der Waals surface area contributed by atoms with Crippen LogP contribution in [0.4, 0.5) is 0 Å². The Balaban J connectivity index is 2.52. The highest BCUT2D eigenvalue weighted by Crippen LogP contribution is 2.29. The Morgan fingerprint density at radius 3 is 2.65 bits per heavy atom.